The Kier molecular flexibility index (Phi) is 5.34. The molecule has 3 N–H and O–H groups in total. The van der Waals surface area contributed by atoms with Crippen LogP contribution >= 0.6 is 0 Å². The first-order valence-corrected chi connectivity index (χ1v) is 8.78. The van der Waals surface area contributed by atoms with Crippen LogP contribution in [0.4, 0.5) is 5.69 Å². The number of benzene rings is 1. The summed E-state index contributed by atoms with van der Waals surface area (Å²) in [5, 5.41) is 2.96. The summed E-state index contributed by atoms with van der Waals surface area (Å²) in [6, 6.07) is 9.61. The number of pyridine rings is 1. The molecule has 132 valence electrons. The van der Waals surface area contributed by atoms with Crippen molar-refractivity contribution in [3.05, 3.63) is 47.7 Å². The fourth-order valence-electron chi connectivity index (χ4n) is 3.23. The first kappa shape index (κ1) is 17.4. The quantitative estimate of drug-likeness (QED) is 0.865. The van der Waals surface area contributed by atoms with E-state index in [-0.39, 0.29) is 17.9 Å². The molecule has 1 heterocycles. The smallest absolute Gasteiger partial charge is 0.224 e. The van der Waals surface area contributed by atoms with E-state index in [1.807, 2.05) is 44.2 Å². The summed E-state index contributed by atoms with van der Waals surface area (Å²) in [5.74, 6) is 1.53. The molecular weight excluding hydrogens is 314 g/mol. The number of aryl methyl sites for hydroxylation is 2. The van der Waals surface area contributed by atoms with E-state index in [2.05, 4.69) is 10.3 Å². The number of hydrogen-bond donors (Lipinski definition) is 2. The number of carbonyl (C=O) groups excluding carboxylic acids is 1. The van der Waals surface area contributed by atoms with Crippen LogP contribution in [0.3, 0.4) is 0 Å². The lowest BCUT2D eigenvalue weighted by Gasteiger charge is -2.15. The fourth-order valence-corrected chi connectivity index (χ4v) is 3.23. The second-order valence-electron chi connectivity index (χ2n) is 6.86. The Morgan fingerprint density at radius 3 is 2.84 bits per heavy atom. The topological polar surface area (TPSA) is 77.2 Å². The van der Waals surface area contributed by atoms with Crippen molar-refractivity contribution < 1.29 is 9.53 Å². The van der Waals surface area contributed by atoms with Crippen molar-refractivity contribution in [1.82, 2.24) is 4.98 Å². The highest BCUT2D eigenvalue weighted by Gasteiger charge is 2.26. The summed E-state index contributed by atoms with van der Waals surface area (Å²) >= 11 is 0. The summed E-state index contributed by atoms with van der Waals surface area (Å²) in [4.78, 5) is 16.5. The first-order valence-electron chi connectivity index (χ1n) is 8.78. The molecule has 1 aromatic heterocycles. The molecule has 0 saturated heterocycles. The molecule has 0 aliphatic heterocycles. The lowest BCUT2D eigenvalue weighted by molar-refractivity contribution is -0.117. The van der Waals surface area contributed by atoms with Crippen molar-refractivity contribution in [3.63, 3.8) is 0 Å². The molecule has 3 rings (SSSR count). The van der Waals surface area contributed by atoms with Gasteiger partial charge in [-0.3, -0.25) is 4.79 Å². The maximum atomic E-state index is 12.3. The standard InChI is InChI=1S/C20H25N3O2/c1-13-8-9-22-20(10-13)25-18-12-16(7-6-14(18)2)23-19(24)11-15-4-3-5-17(15)21/h6-10,12,15,17H,3-5,11,21H2,1-2H3,(H,23,24)/t15-,17+/m0/s1. The molecule has 1 aliphatic rings. The number of rotatable bonds is 5. The molecule has 0 unspecified atom stereocenters. The zero-order valence-corrected chi connectivity index (χ0v) is 14.8. The molecule has 1 aliphatic carbocycles. The summed E-state index contributed by atoms with van der Waals surface area (Å²) in [5.41, 5.74) is 8.85. The zero-order chi connectivity index (χ0) is 17.8. The van der Waals surface area contributed by atoms with E-state index in [0.29, 0.717) is 18.1 Å². The van der Waals surface area contributed by atoms with Gasteiger partial charge in [0.2, 0.25) is 11.8 Å². The van der Waals surface area contributed by atoms with E-state index < -0.39 is 0 Å². The van der Waals surface area contributed by atoms with Gasteiger partial charge in [0.25, 0.3) is 0 Å². The third-order valence-corrected chi connectivity index (χ3v) is 4.74. The van der Waals surface area contributed by atoms with Crippen molar-refractivity contribution in [2.45, 2.75) is 45.6 Å². The molecule has 2 aromatic rings. The molecule has 1 amide bonds. The van der Waals surface area contributed by atoms with E-state index in [9.17, 15) is 4.79 Å². The lowest BCUT2D eigenvalue weighted by atomic mass is 10.00. The van der Waals surface area contributed by atoms with Crippen LogP contribution in [0.15, 0.2) is 36.5 Å². The van der Waals surface area contributed by atoms with Gasteiger partial charge in [-0.15, -0.1) is 0 Å². The number of anilines is 1. The van der Waals surface area contributed by atoms with Crippen LogP contribution in [0.2, 0.25) is 0 Å². The Morgan fingerprint density at radius 1 is 1.28 bits per heavy atom. The number of hydrogen-bond acceptors (Lipinski definition) is 4. The van der Waals surface area contributed by atoms with Gasteiger partial charge in [0.15, 0.2) is 0 Å². The Balaban J connectivity index is 1.67. The molecule has 0 bridgehead atoms. The average molecular weight is 339 g/mol. The van der Waals surface area contributed by atoms with Gasteiger partial charge in [-0.25, -0.2) is 4.98 Å². The second-order valence-corrected chi connectivity index (χ2v) is 6.86. The van der Waals surface area contributed by atoms with E-state index in [1.165, 1.54) is 0 Å². The monoisotopic (exact) mass is 339 g/mol. The number of nitrogens with zero attached hydrogens (tertiary/aromatic N) is 1. The largest absolute Gasteiger partial charge is 0.439 e. The third kappa shape index (κ3) is 4.57. The predicted molar refractivity (Wildman–Crippen MR) is 98.8 cm³/mol. The van der Waals surface area contributed by atoms with Crippen molar-refractivity contribution in [1.29, 1.82) is 0 Å². The normalized spacial score (nSPS) is 19.6. The summed E-state index contributed by atoms with van der Waals surface area (Å²) in [6.07, 6.45) is 5.37. The SMILES string of the molecule is Cc1ccnc(Oc2cc(NC(=O)C[C@@H]3CCC[C@H]3N)ccc2C)c1. The molecule has 25 heavy (non-hydrogen) atoms. The van der Waals surface area contributed by atoms with Gasteiger partial charge in [-0.1, -0.05) is 12.5 Å². The van der Waals surface area contributed by atoms with E-state index in [4.69, 9.17) is 10.5 Å². The van der Waals surface area contributed by atoms with E-state index >= 15 is 0 Å². The van der Waals surface area contributed by atoms with Crippen LogP contribution < -0.4 is 15.8 Å². The maximum absolute atomic E-state index is 12.3. The zero-order valence-electron chi connectivity index (χ0n) is 14.8. The molecule has 1 saturated carbocycles. The molecule has 2 atom stereocenters. The first-order chi connectivity index (χ1) is 12.0. The number of carbonyl (C=O) groups is 1. The minimum atomic E-state index is 0.00540. The number of nitrogens with one attached hydrogen (secondary N) is 1. The van der Waals surface area contributed by atoms with Crippen molar-refractivity contribution >= 4 is 11.6 Å². The second kappa shape index (κ2) is 7.66. The van der Waals surface area contributed by atoms with Crippen LogP contribution in [0, 0.1) is 19.8 Å². The summed E-state index contributed by atoms with van der Waals surface area (Å²) < 4.78 is 5.88. The van der Waals surface area contributed by atoms with Crippen molar-refractivity contribution in [2.24, 2.45) is 11.7 Å². The van der Waals surface area contributed by atoms with Crippen LogP contribution in [-0.4, -0.2) is 16.9 Å². The minimum absolute atomic E-state index is 0.00540. The van der Waals surface area contributed by atoms with Gasteiger partial charge < -0.3 is 15.8 Å². The van der Waals surface area contributed by atoms with E-state index in [1.54, 1.807) is 6.20 Å². The highest BCUT2D eigenvalue weighted by Crippen LogP contribution is 2.29. The van der Waals surface area contributed by atoms with Crippen LogP contribution in [-0.2, 0) is 4.79 Å². The fraction of sp³-hybridized carbons (Fsp3) is 0.400. The minimum Gasteiger partial charge on any atom is -0.439 e. The molecule has 0 spiro atoms. The highest BCUT2D eigenvalue weighted by atomic mass is 16.5. The number of nitrogens with two attached hydrogens (primary N) is 1. The Morgan fingerprint density at radius 2 is 2.12 bits per heavy atom. The Hall–Kier alpha value is -2.40. The van der Waals surface area contributed by atoms with Crippen molar-refractivity contribution in [3.8, 4) is 11.6 Å². The van der Waals surface area contributed by atoms with Gasteiger partial charge in [-0.2, -0.15) is 0 Å². The van der Waals surface area contributed by atoms with Gasteiger partial charge in [0, 0.05) is 36.5 Å². The average Bonchev–Trinajstić information content (AvgIpc) is 2.95. The molecule has 5 heteroatoms. The predicted octanol–water partition coefficient (Wildman–Crippen LogP) is 3.95. The van der Waals surface area contributed by atoms with Crippen molar-refractivity contribution in [2.75, 3.05) is 5.32 Å². The van der Waals surface area contributed by atoms with Crippen LogP contribution in [0.1, 0.15) is 36.8 Å². The number of amides is 1. The molecule has 1 fully saturated rings. The lowest BCUT2D eigenvalue weighted by Crippen LogP contribution is -2.28. The van der Waals surface area contributed by atoms with E-state index in [0.717, 1.165) is 36.1 Å². The molecular formula is C20H25N3O2. The number of ether oxygens (including phenoxy) is 1. The Labute approximate surface area is 148 Å². The number of aromatic nitrogens is 1. The summed E-state index contributed by atoms with van der Waals surface area (Å²) in [7, 11) is 0. The molecule has 1 aromatic carbocycles. The van der Waals surface area contributed by atoms with Gasteiger partial charge >= 0.3 is 0 Å². The Bertz CT molecular complexity index is 760. The highest BCUT2D eigenvalue weighted by molar-refractivity contribution is 5.91. The van der Waals surface area contributed by atoms with Crippen LogP contribution in [0.5, 0.6) is 11.6 Å². The molecule has 0 radical (unpaired) electrons. The van der Waals surface area contributed by atoms with Crippen LogP contribution in [0.25, 0.3) is 0 Å². The summed E-state index contributed by atoms with van der Waals surface area (Å²) in [6.45, 7) is 3.96. The van der Waals surface area contributed by atoms with Gasteiger partial charge in [-0.05, 0) is 55.9 Å². The maximum Gasteiger partial charge on any atom is 0.224 e. The molecule has 5 nitrogen and oxygen atoms in total. The third-order valence-electron chi connectivity index (χ3n) is 4.74. The van der Waals surface area contributed by atoms with Gasteiger partial charge in [0.1, 0.15) is 5.75 Å². The van der Waals surface area contributed by atoms with Gasteiger partial charge in [0.05, 0.1) is 0 Å².